The van der Waals surface area contributed by atoms with E-state index in [2.05, 4.69) is 12.2 Å². The summed E-state index contributed by atoms with van der Waals surface area (Å²) in [5.41, 5.74) is 1.10. The molecule has 0 spiro atoms. The van der Waals surface area contributed by atoms with Crippen LogP contribution >= 0.6 is 11.6 Å². The van der Waals surface area contributed by atoms with Gasteiger partial charge in [0, 0.05) is 11.1 Å². The highest BCUT2D eigenvalue weighted by Gasteiger charge is 2.29. The van der Waals surface area contributed by atoms with Crippen molar-refractivity contribution >= 4 is 11.6 Å². The molecule has 4 heteroatoms. The van der Waals surface area contributed by atoms with E-state index in [1.165, 1.54) is 0 Å². The Morgan fingerprint density at radius 2 is 1.89 bits per heavy atom. The molecule has 1 aliphatic rings. The van der Waals surface area contributed by atoms with Crippen LogP contribution in [0.1, 0.15) is 32.4 Å². The van der Waals surface area contributed by atoms with Gasteiger partial charge in [-0.25, -0.2) is 0 Å². The van der Waals surface area contributed by atoms with Crippen LogP contribution < -0.4 is 5.32 Å². The summed E-state index contributed by atoms with van der Waals surface area (Å²) in [6, 6.07) is 8.26. The minimum atomic E-state index is -0.466. The second kappa shape index (κ2) is 5.57. The molecule has 1 N–H and O–H groups in total. The molecule has 0 aromatic heterocycles. The fourth-order valence-electron chi connectivity index (χ4n) is 2.06. The maximum Gasteiger partial charge on any atom is 0.162 e. The Hall–Kier alpha value is -0.610. The van der Waals surface area contributed by atoms with E-state index in [-0.39, 0.29) is 12.1 Å². The fraction of sp³-hybridized carbons (Fsp3) is 0.571. The zero-order valence-corrected chi connectivity index (χ0v) is 11.8. The molecule has 0 saturated carbocycles. The van der Waals surface area contributed by atoms with Gasteiger partial charge in [0.1, 0.15) is 0 Å². The second-order valence-corrected chi connectivity index (χ2v) is 5.54. The predicted octanol–water partition coefficient (Wildman–Crippen LogP) is 3.14. The lowest BCUT2D eigenvalue weighted by Gasteiger charge is -2.36. The summed E-state index contributed by atoms with van der Waals surface area (Å²) in [5, 5.41) is 4.27. The van der Waals surface area contributed by atoms with Gasteiger partial charge in [-0.15, -0.1) is 0 Å². The van der Waals surface area contributed by atoms with Crippen molar-refractivity contribution in [2.45, 2.75) is 38.6 Å². The molecule has 1 atom stereocenters. The maximum atomic E-state index is 6.18. The standard InChI is InChI=1S/C14H20ClNO2/c1-10(12-6-4-5-7-13(12)15)16-11-8-17-14(2,3)18-9-11/h4-7,10-11,16H,8-9H2,1-3H3/t10-/m0/s1. The van der Waals surface area contributed by atoms with Crippen molar-refractivity contribution in [1.82, 2.24) is 5.32 Å². The highest BCUT2D eigenvalue weighted by atomic mass is 35.5. The van der Waals surface area contributed by atoms with E-state index in [0.29, 0.717) is 13.2 Å². The number of ether oxygens (including phenoxy) is 2. The molecular formula is C14H20ClNO2. The van der Waals surface area contributed by atoms with Gasteiger partial charge in [-0.1, -0.05) is 29.8 Å². The summed E-state index contributed by atoms with van der Waals surface area (Å²) < 4.78 is 11.3. The van der Waals surface area contributed by atoms with Crippen molar-refractivity contribution in [3.8, 4) is 0 Å². The number of hydrogen-bond donors (Lipinski definition) is 1. The summed E-state index contributed by atoms with van der Waals surface area (Å²) in [6.07, 6.45) is 0. The molecule has 1 aromatic rings. The fourth-order valence-corrected chi connectivity index (χ4v) is 2.36. The van der Waals surface area contributed by atoms with Gasteiger partial charge in [0.15, 0.2) is 5.79 Å². The molecule has 2 rings (SSSR count). The van der Waals surface area contributed by atoms with E-state index >= 15 is 0 Å². The van der Waals surface area contributed by atoms with Crippen LogP contribution in [0.25, 0.3) is 0 Å². The van der Waals surface area contributed by atoms with Crippen LogP contribution in [-0.4, -0.2) is 25.0 Å². The first-order valence-electron chi connectivity index (χ1n) is 6.26. The van der Waals surface area contributed by atoms with Gasteiger partial charge in [-0.3, -0.25) is 0 Å². The number of nitrogens with one attached hydrogen (secondary N) is 1. The average molecular weight is 270 g/mol. The first kappa shape index (κ1) is 13.8. The minimum absolute atomic E-state index is 0.178. The third-order valence-electron chi connectivity index (χ3n) is 3.12. The topological polar surface area (TPSA) is 30.5 Å². The summed E-state index contributed by atoms with van der Waals surface area (Å²) in [7, 11) is 0. The normalized spacial score (nSPS) is 21.8. The van der Waals surface area contributed by atoms with Crippen molar-refractivity contribution in [3.05, 3.63) is 34.9 Å². The monoisotopic (exact) mass is 269 g/mol. The highest BCUT2D eigenvalue weighted by Crippen LogP contribution is 2.24. The molecule has 0 unspecified atom stereocenters. The van der Waals surface area contributed by atoms with Crippen LogP contribution in [0, 0.1) is 0 Å². The van der Waals surface area contributed by atoms with Crippen molar-refractivity contribution < 1.29 is 9.47 Å². The van der Waals surface area contributed by atoms with Gasteiger partial charge in [0.2, 0.25) is 0 Å². The lowest BCUT2D eigenvalue weighted by molar-refractivity contribution is -0.253. The van der Waals surface area contributed by atoms with Crippen LogP contribution in [0.15, 0.2) is 24.3 Å². The Kier molecular flexibility index (Phi) is 4.28. The molecule has 18 heavy (non-hydrogen) atoms. The third kappa shape index (κ3) is 3.45. The van der Waals surface area contributed by atoms with Crippen LogP contribution in [0.4, 0.5) is 0 Å². The molecule has 0 aliphatic carbocycles. The van der Waals surface area contributed by atoms with Gasteiger partial charge >= 0.3 is 0 Å². The number of rotatable bonds is 3. The Morgan fingerprint density at radius 3 is 2.50 bits per heavy atom. The summed E-state index contributed by atoms with van der Waals surface area (Å²) >= 11 is 6.18. The molecular weight excluding hydrogens is 250 g/mol. The molecule has 0 bridgehead atoms. The van der Waals surface area contributed by atoms with Crippen LogP contribution in [-0.2, 0) is 9.47 Å². The molecule has 0 amide bonds. The number of halogens is 1. The highest BCUT2D eigenvalue weighted by molar-refractivity contribution is 6.31. The summed E-state index contributed by atoms with van der Waals surface area (Å²) in [4.78, 5) is 0. The van der Waals surface area contributed by atoms with Gasteiger partial charge in [0.25, 0.3) is 0 Å². The molecule has 100 valence electrons. The Balaban J connectivity index is 1.93. The van der Waals surface area contributed by atoms with E-state index < -0.39 is 5.79 Å². The lowest BCUT2D eigenvalue weighted by atomic mass is 10.1. The van der Waals surface area contributed by atoms with Crippen molar-refractivity contribution in [1.29, 1.82) is 0 Å². The Labute approximate surface area is 113 Å². The zero-order valence-electron chi connectivity index (χ0n) is 11.1. The Morgan fingerprint density at radius 1 is 1.28 bits per heavy atom. The predicted molar refractivity (Wildman–Crippen MR) is 72.8 cm³/mol. The first-order chi connectivity index (χ1) is 8.48. The quantitative estimate of drug-likeness (QED) is 0.914. The molecule has 1 aliphatic heterocycles. The van der Waals surface area contributed by atoms with Gasteiger partial charge in [-0.2, -0.15) is 0 Å². The SMILES string of the molecule is C[C@H](NC1COC(C)(C)OC1)c1ccccc1Cl. The second-order valence-electron chi connectivity index (χ2n) is 5.13. The van der Waals surface area contributed by atoms with Crippen LogP contribution in [0.3, 0.4) is 0 Å². The lowest BCUT2D eigenvalue weighted by Crippen LogP contribution is -2.49. The smallest absolute Gasteiger partial charge is 0.162 e. The third-order valence-corrected chi connectivity index (χ3v) is 3.47. The molecule has 3 nitrogen and oxygen atoms in total. The van der Waals surface area contributed by atoms with E-state index in [0.717, 1.165) is 10.6 Å². The Bertz CT molecular complexity index is 399. The maximum absolute atomic E-state index is 6.18. The van der Waals surface area contributed by atoms with E-state index in [1.807, 2.05) is 38.1 Å². The van der Waals surface area contributed by atoms with E-state index in [9.17, 15) is 0 Å². The van der Waals surface area contributed by atoms with Crippen molar-refractivity contribution in [2.24, 2.45) is 0 Å². The van der Waals surface area contributed by atoms with E-state index in [1.54, 1.807) is 0 Å². The molecule has 1 heterocycles. The molecule has 1 saturated heterocycles. The van der Waals surface area contributed by atoms with Crippen LogP contribution in [0.2, 0.25) is 5.02 Å². The van der Waals surface area contributed by atoms with E-state index in [4.69, 9.17) is 21.1 Å². The minimum Gasteiger partial charge on any atom is -0.349 e. The van der Waals surface area contributed by atoms with Crippen molar-refractivity contribution in [3.63, 3.8) is 0 Å². The van der Waals surface area contributed by atoms with Crippen LogP contribution in [0.5, 0.6) is 0 Å². The molecule has 0 radical (unpaired) electrons. The number of hydrogen-bond acceptors (Lipinski definition) is 3. The average Bonchev–Trinajstić information content (AvgIpc) is 2.32. The van der Waals surface area contributed by atoms with Crippen molar-refractivity contribution in [2.75, 3.05) is 13.2 Å². The molecule has 1 fully saturated rings. The summed E-state index contributed by atoms with van der Waals surface area (Å²) in [6.45, 7) is 7.27. The van der Waals surface area contributed by atoms with Gasteiger partial charge in [-0.05, 0) is 32.4 Å². The summed E-state index contributed by atoms with van der Waals surface area (Å²) in [5.74, 6) is -0.466. The molecule has 1 aromatic carbocycles. The first-order valence-corrected chi connectivity index (χ1v) is 6.64. The largest absolute Gasteiger partial charge is 0.349 e. The number of benzene rings is 1. The van der Waals surface area contributed by atoms with Gasteiger partial charge < -0.3 is 14.8 Å². The zero-order chi connectivity index (χ0) is 13.2. The van der Waals surface area contributed by atoms with Gasteiger partial charge in [0.05, 0.1) is 19.3 Å².